The predicted octanol–water partition coefficient (Wildman–Crippen LogP) is 1.17. The molecule has 1 aliphatic heterocycles. The van der Waals surface area contributed by atoms with Crippen molar-refractivity contribution in [2.75, 3.05) is 5.75 Å². The van der Waals surface area contributed by atoms with Gasteiger partial charge in [-0.3, -0.25) is 10.1 Å². The molecule has 0 radical (unpaired) electrons. The molecule has 3 N–H and O–H groups in total. The molecule has 1 fully saturated rings. The van der Waals surface area contributed by atoms with Gasteiger partial charge in [0.05, 0.1) is 10.9 Å². The number of aliphatic carboxylic acids is 1. The highest BCUT2D eigenvalue weighted by Crippen LogP contribution is 2.34. The Morgan fingerprint density at radius 3 is 2.59 bits per heavy atom. The van der Waals surface area contributed by atoms with E-state index in [0.29, 0.717) is 11.3 Å². The van der Waals surface area contributed by atoms with Crippen LogP contribution >= 0.6 is 11.8 Å². The van der Waals surface area contributed by atoms with E-state index in [1.54, 1.807) is 18.2 Å². The van der Waals surface area contributed by atoms with Crippen LogP contribution in [0, 0.1) is 0 Å². The Balaban J connectivity index is 2.24. The molecule has 1 heterocycles. The van der Waals surface area contributed by atoms with Gasteiger partial charge < -0.3 is 10.2 Å². The van der Waals surface area contributed by atoms with Crippen LogP contribution in [0.1, 0.15) is 21.3 Å². The van der Waals surface area contributed by atoms with Gasteiger partial charge in [0.15, 0.2) is 0 Å². The van der Waals surface area contributed by atoms with E-state index >= 15 is 0 Å². The maximum Gasteiger partial charge on any atom is 0.336 e. The van der Waals surface area contributed by atoms with E-state index in [0.717, 1.165) is 0 Å². The highest BCUT2D eigenvalue weighted by molar-refractivity contribution is 7.99. The molecule has 1 saturated heterocycles. The molecule has 0 saturated carbocycles. The third kappa shape index (κ3) is 2.42. The maximum absolute atomic E-state index is 11.0. The van der Waals surface area contributed by atoms with Gasteiger partial charge in [-0.15, -0.1) is 11.8 Å². The zero-order chi connectivity index (χ0) is 12.4. The van der Waals surface area contributed by atoms with E-state index in [9.17, 15) is 9.59 Å². The van der Waals surface area contributed by atoms with Gasteiger partial charge in [0.25, 0.3) is 0 Å². The first-order chi connectivity index (χ1) is 8.09. The van der Waals surface area contributed by atoms with Crippen molar-refractivity contribution in [1.29, 1.82) is 0 Å². The largest absolute Gasteiger partial charge is 0.480 e. The topological polar surface area (TPSA) is 86.6 Å². The van der Waals surface area contributed by atoms with Crippen LogP contribution in [0.15, 0.2) is 24.3 Å². The van der Waals surface area contributed by atoms with Gasteiger partial charge in [-0.25, -0.2) is 4.79 Å². The summed E-state index contributed by atoms with van der Waals surface area (Å²) in [6.45, 7) is 0. The number of rotatable bonds is 3. The zero-order valence-corrected chi connectivity index (χ0v) is 9.61. The second-order valence-electron chi connectivity index (χ2n) is 3.66. The molecule has 1 aromatic carbocycles. The summed E-state index contributed by atoms with van der Waals surface area (Å²) in [7, 11) is 0. The summed E-state index contributed by atoms with van der Waals surface area (Å²) < 4.78 is 0. The van der Waals surface area contributed by atoms with Gasteiger partial charge in [0.1, 0.15) is 6.04 Å². The van der Waals surface area contributed by atoms with E-state index in [2.05, 4.69) is 5.32 Å². The number of benzene rings is 1. The van der Waals surface area contributed by atoms with E-state index in [-0.39, 0.29) is 10.9 Å². The van der Waals surface area contributed by atoms with Gasteiger partial charge in [-0.05, 0) is 11.6 Å². The molecule has 1 aliphatic rings. The Morgan fingerprint density at radius 2 is 2.00 bits per heavy atom. The fraction of sp³-hybridized carbons (Fsp3) is 0.273. The minimum atomic E-state index is -0.998. The van der Waals surface area contributed by atoms with Crippen LogP contribution in [0.5, 0.6) is 0 Å². The van der Waals surface area contributed by atoms with Gasteiger partial charge >= 0.3 is 11.9 Å². The molecule has 0 aromatic heterocycles. The lowest BCUT2D eigenvalue weighted by molar-refractivity contribution is -0.138. The molecular formula is C11H11NO4S. The molecule has 0 spiro atoms. The summed E-state index contributed by atoms with van der Waals surface area (Å²) in [5.74, 6) is -1.47. The number of aromatic carboxylic acids is 1. The van der Waals surface area contributed by atoms with Crippen molar-refractivity contribution in [2.24, 2.45) is 0 Å². The number of carboxylic acids is 2. The molecule has 2 atom stereocenters. The smallest absolute Gasteiger partial charge is 0.336 e. The average molecular weight is 253 g/mol. The molecule has 1 aromatic rings. The number of carbonyl (C=O) groups is 2. The van der Waals surface area contributed by atoms with Crippen molar-refractivity contribution in [3.8, 4) is 0 Å². The fourth-order valence-electron chi connectivity index (χ4n) is 1.71. The molecule has 0 amide bonds. The van der Waals surface area contributed by atoms with Crippen molar-refractivity contribution in [2.45, 2.75) is 11.4 Å². The van der Waals surface area contributed by atoms with Crippen molar-refractivity contribution in [3.63, 3.8) is 0 Å². The summed E-state index contributed by atoms with van der Waals surface area (Å²) in [5, 5.41) is 20.5. The second-order valence-corrected chi connectivity index (χ2v) is 4.80. The summed E-state index contributed by atoms with van der Waals surface area (Å²) in [6, 6.07) is 6.01. The first kappa shape index (κ1) is 11.9. The lowest BCUT2D eigenvalue weighted by atomic mass is 10.1. The lowest BCUT2D eigenvalue weighted by Crippen LogP contribution is -2.34. The third-order valence-electron chi connectivity index (χ3n) is 2.55. The van der Waals surface area contributed by atoms with Gasteiger partial charge in [0, 0.05) is 5.75 Å². The number of carboxylic acid groups (broad SMARTS) is 2. The molecule has 6 heteroatoms. The Kier molecular flexibility index (Phi) is 3.35. The van der Waals surface area contributed by atoms with E-state index in [4.69, 9.17) is 10.2 Å². The SMILES string of the molecule is O=C(O)c1ccccc1[C@H]1N[C@H](C(=O)O)CS1. The molecule has 5 nitrogen and oxygen atoms in total. The molecule has 0 aliphatic carbocycles. The van der Waals surface area contributed by atoms with Crippen molar-refractivity contribution < 1.29 is 19.8 Å². The first-order valence-electron chi connectivity index (χ1n) is 5.02. The third-order valence-corrected chi connectivity index (χ3v) is 3.80. The van der Waals surface area contributed by atoms with E-state index in [1.165, 1.54) is 17.8 Å². The fourth-order valence-corrected chi connectivity index (χ4v) is 2.98. The van der Waals surface area contributed by atoms with Crippen LogP contribution in [0.4, 0.5) is 0 Å². The Bertz CT molecular complexity index is 463. The van der Waals surface area contributed by atoms with Crippen molar-refractivity contribution >= 4 is 23.7 Å². The summed E-state index contributed by atoms with van der Waals surface area (Å²) in [5.41, 5.74) is 0.831. The summed E-state index contributed by atoms with van der Waals surface area (Å²) in [6.07, 6.45) is 0. The Morgan fingerprint density at radius 1 is 1.29 bits per heavy atom. The van der Waals surface area contributed by atoms with Crippen LogP contribution < -0.4 is 5.32 Å². The Hall–Kier alpha value is -1.53. The zero-order valence-electron chi connectivity index (χ0n) is 8.79. The molecule has 2 rings (SSSR count). The summed E-state index contributed by atoms with van der Waals surface area (Å²) in [4.78, 5) is 21.8. The minimum Gasteiger partial charge on any atom is -0.480 e. The van der Waals surface area contributed by atoms with Gasteiger partial charge in [-0.2, -0.15) is 0 Å². The lowest BCUT2D eigenvalue weighted by Gasteiger charge is -2.13. The highest BCUT2D eigenvalue weighted by Gasteiger charge is 2.32. The number of hydrogen-bond acceptors (Lipinski definition) is 4. The average Bonchev–Trinajstić information content (AvgIpc) is 2.78. The quantitative estimate of drug-likeness (QED) is 0.749. The molecule has 17 heavy (non-hydrogen) atoms. The van der Waals surface area contributed by atoms with E-state index < -0.39 is 18.0 Å². The number of hydrogen-bond donors (Lipinski definition) is 3. The monoisotopic (exact) mass is 253 g/mol. The van der Waals surface area contributed by atoms with Crippen LogP contribution in [0.25, 0.3) is 0 Å². The standard InChI is InChI=1S/C11H11NO4S/c13-10(14)7-4-2-1-3-6(7)9-12-8(5-17-9)11(15)16/h1-4,8-9,12H,5H2,(H,13,14)(H,15,16)/t8-,9-/m0/s1. The number of nitrogens with one attached hydrogen (secondary N) is 1. The molecular weight excluding hydrogens is 242 g/mol. The molecule has 90 valence electrons. The van der Waals surface area contributed by atoms with Crippen molar-refractivity contribution in [3.05, 3.63) is 35.4 Å². The van der Waals surface area contributed by atoms with Crippen LogP contribution in [-0.2, 0) is 4.79 Å². The van der Waals surface area contributed by atoms with Gasteiger partial charge in [0.2, 0.25) is 0 Å². The predicted molar refractivity (Wildman–Crippen MR) is 63.2 cm³/mol. The highest BCUT2D eigenvalue weighted by atomic mass is 32.2. The van der Waals surface area contributed by atoms with Gasteiger partial charge in [-0.1, -0.05) is 18.2 Å². The molecule has 0 bridgehead atoms. The van der Waals surface area contributed by atoms with Crippen LogP contribution in [0.3, 0.4) is 0 Å². The normalized spacial score (nSPS) is 23.5. The first-order valence-corrected chi connectivity index (χ1v) is 6.07. The van der Waals surface area contributed by atoms with Crippen LogP contribution in [-0.4, -0.2) is 33.9 Å². The minimum absolute atomic E-state index is 0.212. The van der Waals surface area contributed by atoms with Crippen LogP contribution in [0.2, 0.25) is 0 Å². The Labute approximate surface area is 102 Å². The number of thioether (sulfide) groups is 1. The molecule has 0 unspecified atom stereocenters. The maximum atomic E-state index is 11.0. The summed E-state index contributed by atoms with van der Waals surface area (Å²) >= 11 is 1.41. The van der Waals surface area contributed by atoms with Crippen molar-refractivity contribution in [1.82, 2.24) is 5.32 Å². The van der Waals surface area contributed by atoms with E-state index in [1.807, 2.05) is 0 Å². The second kappa shape index (κ2) is 4.77.